The number of aromatic nitrogens is 3. The van der Waals surface area contributed by atoms with Gasteiger partial charge in [0.05, 0.1) is 19.0 Å². The summed E-state index contributed by atoms with van der Waals surface area (Å²) in [6.45, 7) is 0.510. The summed E-state index contributed by atoms with van der Waals surface area (Å²) in [5.41, 5.74) is 5.52. The number of rotatable bonds is 3. The molecule has 0 fully saturated rings. The minimum absolute atomic E-state index is 0.370. The van der Waals surface area contributed by atoms with Gasteiger partial charge in [-0.2, -0.15) is 10.2 Å². The van der Waals surface area contributed by atoms with E-state index in [4.69, 9.17) is 11.0 Å². The molecule has 0 unspecified atom stereocenters. The molecule has 64 valence electrons. The van der Waals surface area contributed by atoms with Gasteiger partial charge in [0, 0.05) is 0 Å². The first-order valence-electron chi connectivity index (χ1n) is 3.39. The molecule has 0 aliphatic heterocycles. The van der Waals surface area contributed by atoms with E-state index in [2.05, 4.69) is 10.1 Å². The van der Waals surface area contributed by atoms with Crippen molar-refractivity contribution in [2.45, 2.75) is 18.1 Å². The van der Waals surface area contributed by atoms with E-state index in [0.717, 1.165) is 0 Å². The highest BCUT2D eigenvalue weighted by atomic mass is 32.2. The molecule has 0 aromatic carbocycles. The Morgan fingerprint density at radius 2 is 2.50 bits per heavy atom. The Hall–Kier alpha value is -1.22. The van der Waals surface area contributed by atoms with Crippen LogP contribution in [0.1, 0.15) is 6.42 Å². The summed E-state index contributed by atoms with van der Waals surface area (Å²) in [4.78, 5) is 3.97. The fourth-order valence-electron chi connectivity index (χ4n) is 0.739. The van der Waals surface area contributed by atoms with Crippen molar-refractivity contribution in [1.82, 2.24) is 14.8 Å². The van der Waals surface area contributed by atoms with Gasteiger partial charge in [-0.3, -0.25) is 0 Å². The molecule has 0 aliphatic rings. The molecule has 12 heavy (non-hydrogen) atoms. The molecule has 2 N–H and O–H groups in total. The van der Waals surface area contributed by atoms with E-state index in [1.807, 2.05) is 12.3 Å². The van der Waals surface area contributed by atoms with Gasteiger partial charge < -0.3 is 5.73 Å². The van der Waals surface area contributed by atoms with E-state index in [0.29, 0.717) is 24.1 Å². The van der Waals surface area contributed by atoms with Gasteiger partial charge in [-0.1, -0.05) is 11.8 Å². The molecule has 0 saturated heterocycles. The van der Waals surface area contributed by atoms with Crippen molar-refractivity contribution >= 4 is 17.7 Å². The van der Waals surface area contributed by atoms with Crippen LogP contribution in [-0.2, 0) is 6.54 Å². The maximum atomic E-state index is 8.32. The SMILES string of the molecule is CSc1nc(N)n(CCC#N)n1. The van der Waals surface area contributed by atoms with Crippen LogP contribution < -0.4 is 5.73 Å². The first-order chi connectivity index (χ1) is 5.77. The number of nitrogens with two attached hydrogens (primary N) is 1. The Morgan fingerprint density at radius 1 is 1.75 bits per heavy atom. The molecule has 0 bridgehead atoms. The summed E-state index contributed by atoms with van der Waals surface area (Å²) in [5, 5.41) is 13.0. The summed E-state index contributed by atoms with van der Waals surface area (Å²) in [5.74, 6) is 0.370. The third kappa shape index (κ3) is 1.89. The summed E-state index contributed by atoms with van der Waals surface area (Å²) < 4.78 is 1.54. The van der Waals surface area contributed by atoms with E-state index in [1.54, 1.807) is 0 Å². The van der Waals surface area contributed by atoms with Crippen molar-refractivity contribution < 1.29 is 0 Å². The Morgan fingerprint density at radius 3 is 3.00 bits per heavy atom. The smallest absolute Gasteiger partial charge is 0.219 e. The van der Waals surface area contributed by atoms with Crippen LogP contribution >= 0.6 is 11.8 Å². The van der Waals surface area contributed by atoms with Crippen molar-refractivity contribution in [3.63, 3.8) is 0 Å². The van der Waals surface area contributed by atoms with Crippen LogP contribution in [0.25, 0.3) is 0 Å². The lowest BCUT2D eigenvalue weighted by Gasteiger charge is -1.95. The number of aryl methyl sites for hydroxylation is 1. The van der Waals surface area contributed by atoms with Crippen LogP contribution in [0.4, 0.5) is 5.95 Å². The van der Waals surface area contributed by atoms with Crippen molar-refractivity contribution in [3.05, 3.63) is 0 Å². The summed E-state index contributed by atoms with van der Waals surface area (Å²) in [7, 11) is 0. The Labute approximate surface area is 74.6 Å². The highest BCUT2D eigenvalue weighted by Gasteiger charge is 2.04. The lowest BCUT2D eigenvalue weighted by atomic mass is 10.5. The summed E-state index contributed by atoms with van der Waals surface area (Å²) >= 11 is 1.43. The number of anilines is 1. The fraction of sp³-hybridized carbons (Fsp3) is 0.500. The van der Waals surface area contributed by atoms with Crippen molar-refractivity contribution in [2.24, 2.45) is 0 Å². The van der Waals surface area contributed by atoms with E-state index >= 15 is 0 Å². The minimum Gasteiger partial charge on any atom is -0.368 e. The highest BCUT2D eigenvalue weighted by molar-refractivity contribution is 7.98. The van der Waals surface area contributed by atoms with Gasteiger partial charge in [0.2, 0.25) is 11.1 Å². The van der Waals surface area contributed by atoms with Crippen LogP contribution in [0.15, 0.2) is 5.16 Å². The lowest BCUT2D eigenvalue weighted by molar-refractivity contribution is 0.620. The third-order valence-electron chi connectivity index (χ3n) is 1.30. The van der Waals surface area contributed by atoms with Gasteiger partial charge in [-0.25, -0.2) is 4.68 Å². The quantitative estimate of drug-likeness (QED) is 0.690. The molecule has 0 radical (unpaired) electrons. The standard InChI is InChI=1S/C6H9N5S/c1-12-6-9-5(8)11(10-6)4-2-3-7/h2,4H2,1H3,(H2,8,9,10). The molecule has 5 nitrogen and oxygen atoms in total. The second kappa shape index (κ2) is 3.97. The number of nitrogens with zero attached hydrogens (tertiary/aromatic N) is 4. The molecule has 6 heteroatoms. The molecule has 1 aromatic rings. The van der Waals surface area contributed by atoms with E-state index < -0.39 is 0 Å². The zero-order chi connectivity index (χ0) is 8.97. The minimum atomic E-state index is 0.370. The highest BCUT2D eigenvalue weighted by Crippen LogP contribution is 2.10. The number of hydrogen-bond acceptors (Lipinski definition) is 5. The maximum Gasteiger partial charge on any atom is 0.219 e. The zero-order valence-corrected chi connectivity index (χ0v) is 7.51. The van der Waals surface area contributed by atoms with Crippen LogP contribution in [0, 0.1) is 11.3 Å². The molecule has 1 heterocycles. The van der Waals surface area contributed by atoms with E-state index in [-0.39, 0.29) is 0 Å². The van der Waals surface area contributed by atoms with Crippen LogP contribution in [0.2, 0.25) is 0 Å². The normalized spacial score (nSPS) is 9.67. The predicted octanol–water partition coefficient (Wildman–Crippen LogP) is 0.496. The molecular weight excluding hydrogens is 174 g/mol. The predicted molar refractivity (Wildman–Crippen MR) is 46.4 cm³/mol. The van der Waals surface area contributed by atoms with Crippen molar-refractivity contribution in [3.8, 4) is 6.07 Å². The molecule has 0 aliphatic carbocycles. The van der Waals surface area contributed by atoms with E-state index in [9.17, 15) is 0 Å². The molecule has 1 rings (SSSR count). The number of nitriles is 1. The van der Waals surface area contributed by atoms with Crippen LogP contribution in [-0.4, -0.2) is 21.0 Å². The average Bonchev–Trinajstić information content (AvgIpc) is 2.43. The molecule has 0 amide bonds. The molecular formula is C6H9N5S. The second-order valence-electron chi connectivity index (χ2n) is 2.09. The van der Waals surface area contributed by atoms with Crippen molar-refractivity contribution in [2.75, 3.05) is 12.0 Å². The summed E-state index contributed by atoms with van der Waals surface area (Å²) in [6.07, 6.45) is 2.28. The number of nitrogen functional groups attached to an aromatic ring is 1. The monoisotopic (exact) mass is 183 g/mol. The van der Waals surface area contributed by atoms with Crippen molar-refractivity contribution in [1.29, 1.82) is 5.26 Å². The third-order valence-corrected chi connectivity index (χ3v) is 1.84. The Bertz CT molecular complexity index is 299. The zero-order valence-electron chi connectivity index (χ0n) is 6.69. The molecule has 1 aromatic heterocycles. The van der Waals surface area contributed by atoms with Gasteiger partial charge in [0.25, 0.3) is 0 Å². The topological polar surface area (TPSA) is 80.5 Å². The first kappa shape index (κ1) is 8.87. The largest absolute Gasteiger partial charge is 0.368 e. The van der Waals surface area contributed by atoms with Gasteiger partial charge >= 0.3 is 0 Å². The van der Waals surface area contributed by atoms with Gasteiger partial charge in [-0.15, -0.1) is 5.10 Å². The molecule has 0 atom stereocenters. The number of hydrogen-bond donors (Lipinski definition) is 1. The average molecular weight is 183 g/mol. The first-order valence-corrected chi connectivity index (χ1v) is 4.61. The lowest BCUT2D eigenvalue weighted by Crippen LogP contribution is -2.04. The Kier molecular flexibility index (Phi) is 2.94. The van der Waals surface area contributed by atoms with Gasteiger partial charge in [0.15, 0.2) is 0 Å². The fourth-order valence-corrected chi connectivity index (χ4v) is 1.10. The van der Waals surface area contributed by atoms with E-state index in [1.165, 1.54) is 16.4 Å². The van der Waals surface area contributed by atoms with Gasteiger partial charge in [0.1, 0.15) is 0 Å². The van der Waals surface area contributed by atoms with Gasteiger partial charge in [-0.05, 0) is 6.26 Å². The van der Waals surface area contributed by atoms with Crippen LogP contribution in [0.5, 0.6) is 0 Å². The molecule has 0 spiro atoms. The van der Waals surface area contributed by atoms with Crippen LogP contribution in [0.3, 0.4) is 0 Å². The second-order valence-corrected chi connectivity index (χ2v) is 2.86. The summed E-state index contributed by atoms with van der Waals surface area (Å²) in [6, 6.07) is 2.02. The maximum absolute atomic E-state index is 8.32. The molecule has 0 saturated carbocycles. The number of thioether (sulfide) groups is 1. The Balaban J connectivity index is 2.72.